The molecular formula is C27H38Cl2N2OS. The summed E-state index contributed by atoms with van der Waals surface area (Å²) in [5.41, 5.74) is 2.18. The Labute approximate surface area is 213 Å². The maximum absolute atomic E-state index is 10.8. The molecule has 0 spiro atoms. The molecule has 6 heteroatoms. The molecule has 4 rings (SSSR count). The third-order valence-electron chi connectivity index (χ3n) is 8.08. The van der Waals surface area contributed by atoms with Crippen molar-refractivity contribution in [2.24, 2.45) is 11.8 Å². The number of hydrogen-bond donors (Lipinski definition) is 1. The van der Waals surface area contributed by atoms with Gasteiger partial charge in [-0.1, -0.05) is 43.1 Å². The summed E-state index contributed by atoms with van der Waals surface area (Å²) in [5, 5.41) is 16.8. The topological polar surface area (TPSA) is 26.7 Å². The average molecular weight is 510 g/mol. The largest absolute Gasteiger partial charge is 0.390 e. The van der Waals surface area contributed by atoms with Crippen LogP contribution in [0, 0.1) is 11.8 Å². The molecule has 2 fully saturated rings. The van der Waals surface area contributed by atoms with Crippen molar-refractivity contribution in [3.8, 4) is 0 Å². The maximum Gasteiger partial charge on any atom is 0.0645 e. The molecule has 0 bridgehead atoms. The molecule has 2 aromatic rings. The quantitative estimate of drug-likeness (QED) is 0.397. The monoisotopic (exact) mass is 508 g/mol. The predicted molar refractivity (Wildman–Crippen MR) is 142 cm³/mol. The van der Waals surface area contributed by atoms with E-state index in [4.69, 9.17) is 23.2 Å². The van der Waals surface area contributed by atoms with Crippen LogP contribution in [0.1, 0.15) is 63.0 Å². The van der Waals surface area contributed by atoms with E-state index in [0.717, 1.165) is 69.1 Å². The SMILES string of the molecule is CCC(O)(CC)CC1CCN(C[C@H]2CN(Cc3ccc(Cl)cc3Cl)C[C@@H]2c2ccsc2)CC1. The summed E-state index contributed by atoms with van der Waals surface area (Å²) >= 11 is 14.4. The molecule has 33 heavy (non-hydrogen) atoms. The summed E-state index contributed by atoms with van der Waals surface area (Å²) in [6.45, 7) is 10.8. The molecule has 0 amide bonds. The molecule has 3 nitrogen and oxygen atoms in total. The van der Waals surface area contributed by atoms with Crippen LogP contribution in [0.15, 0.2) is 35.0 Å². The van der Waals surface area contributed by atoms with E-state index in [-0.39, 0.29) is 0 Å². The molecule has 182 valence electrons. The number of likely N-dealkylation sites (tertiary alicyclic amines) is 2. The van der Waals surface area contributed by atoms with Crippen molar-refractivity contribution in [2.45, 2.75) is 64.0 Å². The van der Waals surface area contributed by atoms with Gasteiger partial charge in [0.15, 0.2) is 0 Å². The summed E-state index contributed by atoms with van der Waals surface area (Å²) in [4.78, 5) is 5.24. The van der Waals surface area contributed by atoms with Gasteiger partial charge in [-0.05, 0) is 97.1 Å². The lowest BCUT2D eigenvalue weighted by molar-refractivity contribution is -0.00287. The summed E-state index contributed by atoms with van der Waals surface area (Å²) < 4.78 is 0. The third-order valence-corrected chi connectivity index (χ3v) is 9.37. The number of halogens is 2. The molecule has 2 aliphatic heterocycles. The van der Waals surface area contributed by atoms with E-state index in [1.54, 1.807) is 11.3 Å². The second-order valence-corrected chi connectivity index (χ2v) is 11.9. The first-order valence-electron chi connectivity index (χ1n) is 12.5. The number of aliphatic hydroxyl groups is 1. The number of hydrogen-bond acceptors (Lipinski definition) is 4. The van der Waals surface area contributed by atoms with Crippen LogP contribution in [0.4, 0.5) is 0 Å². The van der Waals surface area contributed by atoms with Crippen LogP contribution in [-0.2, 0) is 6.54 Å². The van der Waals surface area contributed by atoms with E-state index in [9.17, 15) is 5.11 Å². The molecular weight excluding hydrogens is 471 g/mol. The molecule has 3 heterocycles. The van der Waals surface area contributed by atoms with E-state index in [1.165, 1.54) is 18.4 Å². The van der Waals surface area contributed by atoms with Gasteiger partial charge in [-0.25, -0.2) is 0 Å². The lowest BCUT2D eigenvalue weighted by Gasteiger charge is -2.37. The normalized spacial score (nSPS) is 23.4. The zero-order chi connectivity index (χ0) is 23.4. The van der Waals surface area contributed by atoms with Crippen molar-refractivity contribution < 1.29 is 5.11 Å². The first-order chi connectivity index (χ1) is 15.9. The fraction of sp³-hybridized carbons (Fsp3) is 0.630. The van der Waals surface area contributed by atoms with Crippen LogP contribution in [0.2, 0.25) is 10.0 Å². The number of nitrogens with zero attached hydrogens (tertiary/aromatic N) is 2. The van der Waals surface area contributed by atoms with E-state index in [0.29, 0.717) is 22.8 Å². The van der Waals surface area contributed by atoms with Gasteiger partial charge in [-0.15, -0.1) is 0 Å². The summed E-state index contributed by atoms with van der Waals surface area (Å²) in [6, 6.07) is 8.17. The molecule has 0 saturated carbocycles. The van der Waals surface area contributed by atoms with E-state index < -0.39 is 5.60 Å². The highest BCUT2D eigenvalue weighted by atomic mass is 35.5. The Hall–Kier alpha value is -0.620. The number of benzene rings is 1. The van der Waals surface area contributed by atoms with Crippen molar-refractivity contribution in [2.75, 3.05) is 32.7 Å². The number of rotatable bonds is 9. The van der Waals surface area contributed by atoms with Crippen molar-refractivity contribution in [3.05, 3.63) is 56.2 Å². The van der Waals surface area contributed by atoms with Crippen molar-refractivity contribution in [3.63, 3.8) is 0 Å². The molecule has 1 aromatic carbocycles. The van der Waals surface area contributed by atoms with Gasteiger partial charge in [0.05, 0.1) is 5.60 Å². The summed E-state index contributed by atoms with van der Waals surface area (Å²) in [5.74, 6) is 1.86. The van der Waals surface area contributed by atoms with Crippen LogP contribution in [0.5, 0.6) is 0 Å². The first kappa shape index (κ1) is 25.5. The van der Waals surface area contributed by atoms with Gasteiger partial charge < -0.3 is 10.0 Å². The van der Waals surface area contributed by atoms with Gasteiger partial charge in [0.25, 0.3) is 0 Å². The van der Waals surface area contributed by atoms with E-state index in [2.05, 4.69) is 46.5 Å². The standard InChI is InChI=1S/C27H38Cl2N2OS/c1-3-27(32,4-2)14-20-7-10-30(11-8-20)16-23-17-31(18-25(23)22-9-12-33-19-22)15-21-5-6-24(28)13-26(21)29/h5-6,9,12-13,19-20,23,25,32H,3-4,7-8,10-11,14-18H2,1-2H3/t23-,25+/m0/s1. The Balaban J connectivity index is 1.36. The van der Waals surface area contributed by atoms with Gasteiger partial charge in [-0.2, -0.15) is 11.3 Å². The fourth-order valence-corrected chi connectivity index (χ4v) is 7.00. The summed E-state index contributed by atoms with van der Waals surface area (Å²) in [6.07, 6.45) is 5.11. The Morgan fingerprint density at radius 1 is 1.06 bits per heavy atom. The predicted octanol–water partition coefficient (Wildman–Crippen LogP) is 6.92. The molecule has 0 radical (unpaired) electrons. The van der Waals surface area contributed by atoms with Gasteiger partial charge in [0.2, 0.25) is 0 Å². The lowest BCUT2D eigenvalue weighted by atomic mass is 9.81. The highest BCUT2D eigenvalue weighted by molar-refractivity contribution is 7.08. The highest BCUT2D eigenvalue weighted by Gasteiger charge is 2.36. The van der Waals surface area contributed by atoms with E-state index >= 15 is 0 Å². The summed E-state index contributed by atoms with van der Waals surface area (Å²) in [7, 11) is 0. The second kappa shape index (κ2) is 11.4. The average Bonchev–Trinajstić information content (AvgIpc) is 3.47. The van der Waals surface area contributed by atoms with Crippen LogP contribution >= 0.6 is 34.5 Å². The van der Waals surface area contributed by atoms with Crippen LogP contribution < -0.4 is 0 Å². The molecule has 1 aromatic heterocycles. The minimum Gasteiger partial charge on any atom is -0.390 e. The molecule has 0 unspecified atom stereocenters. The molecule has 0 aliphatic carbocycles. The lowest BCUT2D eigenvalue weighted by Crippen LogP contribution is -2.41. The van der Waals surface area contributed by atoms with Crippen LogP contribution in [0.25, 0.3) is 0 Å². The molecule has 1 N–H and O–H groups in total. The fourth-order valence-electron chi connectivity index (χ4n) is 5.81. The zero-order valence-electron chi connectivity index (χ0n) is 20.0. The zero-order valence-corrected chi connectivity index (χ0v) is 22.3. The van der Waals surface area contributed by atoms with Crippen LogP contribution in [0.3, 0.4) is 0 Å². The third kappa shape index (κ3) is 6.54. The smallest absolute Gasteiger partial charge is 0.0645 e. The Bertz CT molecular complexity index is 878. The highest BCUT2D eigenvalue weighted by Crippen LogP contribution is 2.37. The van der Waals surface area contributed by atoms with Crippen molar-refractivity contribution in [1.29, 1.82) is 0 Å². The van der Waals surface area contributed by atoms with Gasteiger partial charge in [0.1, 0.15) is 0 Å². The Morgan fingerprint density at radius 3 is 2.45 bits per heavy atom. The van der Waals surface area contributed by atoms with Gasteiger partial charge in [-0.3, -0.25) is 4.90 Å². The maximum atomic E-state index is 10.8. The molecule has 2 aliphatic rings. The Morgan fingerprint density at radius 2 is 1.82 bits per heavy atom. The van der Waals surface area contributed by atoms with Crippen LogP contribution in [-0.4, -0.2) is 53.2 Å². The number of piperidine rings is 1. The van der Waals surface area contributed by atoms with Gasteiger partial charge in [0, 0.05) is 42.1 Å². The number of thiophene rings is 1. The molecule has 2 atom stereocenters. The minimum absolute atomic E-state index is 0.466. The van der Waals surface area contributed by atoms with Gasteiger partial charge >= 0.3 is 0 Å². The van der Waals surface area contributed by atoms with Crippen molar-refractivity contribution in [1.82, 2.24) is 9.80 Å². The van der Waals surface area contributed by atoms with E-state index in [1.807, 2.05) is 12.1 Å². The molecule has 2 saturated heterocycles. The minimum atomic E-state index is -0.466. The van der Waals surface area contributed by atoms with Crippen molar-refractivity contribution >= 4 is 34.5 Å². The first-order valence-corrected chi connectivity index (χ1v) is 14.2. The Kier molecular flexibility index (Phi) is 8.81. The second-order valence-electron chi connectivity index (χ2n) is 10.2.